The second kappa shape index (κ2) is 10.5. The second-order valence-electron chi connectivity index (χ2n) is 5.49. The molecule has 0 radical (unpaired) electrons. The first-order chi connectivity index (χ1) is 11.5. The number of ether oxygens (including phenoxy) is 2. The number of carbonyl (C=O) groups is 3. The van der Waals surface area contributed by atoms with E-state index in [4.69, 9.17) is 4.74 Å². The average molecular weight is 335 g/mol. The highest BCUT2D eigenvalue weighted by molar-refractivity contribution is 5.98. The van der Waals surface area contributed by atoms with Crippen LogP contribution in [0.5, 0.6) is 0 Å². The van der Waals surface area contributed by atoms with Crippen molar-refractivity contribution in [3.63, 3.8) is 0 Å². The van der Waals surface area contributed by atoms with Crippen LogP contribution in [0.25, 0.3) is 0 Å². The molecule has 1 aromatic rings. The molecule has 0 aromatic heterocycles. The molecule has 0 atom stereocenters. The smallest absolute Gasteiger partial charge is 0.307 e. The SMILES string of the molecule is COCCN(CCC(=O)OC)C(=O)CCC(=O)c1ccc(C)cc1. The fraction of sp³-hybridized carbons (Fsp3) is 0.500. The number of Topliss-reactive ketones (excluding diaryl/α,β-unsaturated/α-hetero) is 1. The van der Waals surface area contributed by atoms with Gasteiger partial charge in [-0.2, -0.15) is 0 Å². The third kappa shape index (κ3) is 6.91. The molecule has 0 fully saturated rings. The molecule has 0 heterocycles. The maximum atomic E-state index is 12.3. The van der Waals surface area contributed by atoms with Crippen molar-refractivity contribution < 1.29 is 23.9 Å². The van der Waals surface area contributed by atoms with Crippen LogP contribution in [0.15, 0.2) is 24.3 Å². The molecule has 0 saturated heterocycles. The number of rotatable bonds is 10. The van der Waals surface area contributed by atoms with Crippen molar-refractivity contribution >= 4 is 17.7 Å². The van der Waals surface area contributed by atoms with Crippen LogP contribution in [-0.2, 0) is 19.1 Å². The van der Waals surface area contributed by atoms with Gasteiger partial charge < -0.3 is 14.4 Å². The van der Waals surface area contributed by atoms with Gasteiger partial charge in [0, 0.05) is 38.6 Å². The number of carbonyl (C=O) groups excluding carboxylic acids is 3. The van der Waals surface area contributed by atoms with Crippen molar-refractivity contribution in [2.24, 2.45) is 0 Å². The largest absolute Gasteiger partial charge is 0.469 e. The lowest BCUT2D eigenvalue weighted by Gasteiger charge is -2.21. The Morgan fingerprint density at radius 3 is 2.21 bits per heavy atom. The number of nitrogens with zero attached hydrogens (tertiary/aromatic N) is 1. The number of aryl methyl sites for hydroxylation is 1. The van der Waals surface area contributed by atoms with E-state index in [1.165, 1.54) is 12.0 Å². The standard InChI is InChI=1S/C18H25NO5/c1-14-4-6-15(7-5-14)16(20)8-9-17(21)19(12-13-23-2)11-10-18(22)24-3/h4-7H,8-13H2,1-3H3. The Morgan fingerprint density at radius 2 is 1.62 bits per heavy atom. The van der Waals surface area contributed by atoms with Crippen molar-refractivity contribution in [1.82, 2.24) is 4.90 Å². The lowest BCUT2D eigenvalue weighted by molar-refractivity contribution is -0.142. The zero-order valence-corrected chi connectivity index (χ0v) is 14.5. The molecule has 0 spiro atoms. The fourth-order valence-corrected chi connectivity index (χ4v) is 2.15. The van der Waals surface area contributed by atoms with Crippen LogP contribution in [-0.4, -0.2) is 56.5 Å². The number of hydrogen-bond acceptors (Lipinski definition) is 5. The lowest BCUT2D eigenvalue weighted by Crippen LogP contribution is -2.36. The van der Waals surface area contributed by atoms with E-state index in [2.05, 4.69) is 4.74 Å². The molecule has 0 bridgehead atoms. The molecule has 24 heavy (non-hydrogen) atoms. The second-order valence-corrected chi connectivity index (χ2v) is 5.49. The Kier molecular flexibility index (Phi) is 8.71. The highest BCUT2D eigenvalue weighted by Gasteiger charge is 2.17. The van der Waals surface area contributed by atoms with E-state index in [0.717, 1.165) is 5.56 Å². The molecular weight excluding hydrogens is 310 g/mol. The molecule has 0 N–H and O–H groups in total. The van der Waals surface area contributed by atoms with Crippen molar-refractivity contribution in [1.29, 1.82) is 0 Å². The van der Waals surface area contributed by atoms with Crippen LogP contribution >= 0.6 is 0 Å². The van der Waals surface area contributed by atoms with Gasteiger partial charge in [0.2, 0.25) is 5.91 Å². The monoisotopic (exact) mass is 335 g/mol. The molecule has 6 nitrogen and oxygen atoms in total. The molecular formula is C18H25NO5. The summed E-state index contributed by atoms with van der Waals surface area (Å²) in [6, 6.07) is 7.27. The van der Waals surface area contributed by atoms with Crippen LogP contribution in [0, 0.1) is 6.92 Å². The van der Waals surface area contributed by atoms with Gasteiger partial charge in [-0.15, -0.1) is 0 Å². The lowest BCUT2D eigenvalue weighted by atomic mass is 10.0. The molecule has 1 aromatic carbocycles. The molecule has 0 aliphatic rings. The molecule has 1 amide bonds. The number of esters is 1. The molecule has 0 aliphatic heterocycles. The number of methoxy groups -OCH3 is 2. The van der Waals surface area contributed by atoms with Gasteiger partial charge in [-0.25, -0.2) is 0 Å². The zero-order chi connectivity index (χ0) is 17.9. The van der Waals surface area contributed by atoms with Crippen molar-refractivity contribution in [2.45, 2.75) is 26.2 Å². The van der Waals surface area contributed by atoms with Crippen LogP contribution in [0.4, 0.5) is 0 Å². The maximum Gasteiger partial charge on any atom is 0.307 e. The Balaban J connectivity index is 2.54. The summed E-state index contributed by atoms with van der Waals surface area (Å²) < 4.78 is 9.57. The minimum Gasteiger partial charge on any atom is -0.469 e. The normalized spacial score (nSPS) is 10.3. The third-order valence-electron chi connectivity index (χ3n) is 3.67. The number of amides is 1. The van der Waals surface area contributed by atoms with E-state index in [-0.39, 0.29) is 43.5 Å². The minimum atomic E-state index is -0.374. The van der Waals surface area contributed by atoms with Gasteiger partial charge in [-0.05, 0) is 6.92 Å². The van der Waals surface area contributed by atoms with E-state index in [9.17, 15) is 14.4 Å². The predicted octanol–water partition coefficient (Wildman–Crippen LogP) is 2.00. The van der Waals surface area contributed by atoms with E-state index in [1.807, 2.05) is 19.1 Å². The molecule has 132 valence electrons. The van der Waals surface area contributed by atoms with E-state index < -0.39 is 0 Å². The van der Waals surface area contributed by atoms with Crippen molar-refractivity contribution in [3.05, 3.63) is 35.4 Å². The third-order valence-corrected chi connectivity index (χ3v) is 3.67. The highest BCUT2D eigenvalue weighted by Crippen LogP contribution is 2.09. The van der Waals surface area contributed by atoms with Crippen LogP contribution < -0.4 is 0 Å². The minimum absolute atomic E-state index is 0.0667. The van der Waals surface area contributed by atoms with E-state index >= 15 is 0 Å². The highest BCUT2D eigenvalue weighted by atomic mass is 16.5. The molecule has 0 saturated carbocycles. The van der Waals surface area contributed by atoms with Gasteiger partial charge in [0.25, 0.3) is 0 Å². The van der Waals surface area contributed by atoms with Gasteiger partial charge in [-0.3, -0.25) is 14.4 Å². The fourth-order valence-electron chi connectivity index (χ4n) is 2.15. The van der Waals surface area contributed by atoms with Gasteiger partial charge in [-0.1, -0.05) is 29.8 Å². The Hall–Kier alpha value is -2.21. The summed E-state index contributed by atoms with van der Waals surface area (Å²) in [5, 5.41) is 0. The van der Waals surface area contributed by atoms with Gasteiger partial charge in [0.15, 0.2) is 5.78 Å². The summed E-state index contributed by atoms with van der Waals surface area (Å²) in [4.78, 5) is 37.2. The number of ketones is 1. The number of hydrogen-bond donors (Lipinski definition) is 0. The molecule has 0 aliphatic carbocycles. The first-order valence-electron chi connectivity index (χ1n) is 7.91. The Labute approximate surface area is 142 Å². The topological polar surface area (TPSA) is 72.9 Å². The Morgan fingerprint density at radius 1 is 0.958 bits per heavy atom. The predicted molar refractivity (Wildman–Crippen MR) is 89.8 cm³/mol. The van der Waals surface area contributed by atoms with E-state index in [0.29, 0.717) is 18.7 Å². The summed E-state index contributed by atoms with van der Waals surface area (Å²) in [5.41, 5.74) is 1.68. The van der Waals surface area contributed by atoms with Gasteiger partial charge in [0.1, 0.15) is 0 Å². The molecule has 6 heteroatoms. The summed E-state index contributed by atoms with van der Waals surface area (Å²) >= 11 is 0. The van der Waals surface area contributed by atoms with Crippen molar-refractivity contribution in [3.8, 4) is 0 Å². The molecule has 0 unspecified atom stereocenters. The van der Waals surface area contributed by atoms with Crippen LogP contribution in [0.1, 0.15) is 35.2 Å². The quantitative estimate of drug-likeness (QED) is 0.483. The summed E-state index contributed by atoms with van der Waals surface area (Å²) in [6.07, 6.45) is 0.374. The van der Waals surface area contributed by atoms with Gasteiger partial charge >= 0.3 is 5.97 Å². The summed E-state index contributed by atoms with van der Waals surface area (Å²) in [6.45, 7) is 2.96. The van der Waals surface area contributed by atoms with Gasteiger partial charge in [0.05, 0.1) is 20.1 Å². The van der Waals surface area contributed by atoms with Crippen LogP contribution in [0.3, 0.4) is 0 Å². The molecule has 1 rings (SSSR count). The first kappa shape index (κ1) is 19.8. The van der Waals surface area contributed by atoms with Crippen LogP contribution in [0.2, 0.25) is 0 Å². The Bertz CT molecular complexity index is 553. The summed E-state index contributed by atoms with van der Waals surface area (Å²) in [5.74, 6) is -0.611. The zero-order valence-electron chi connectivity index (χ0n) is 14.5. The maximum absolute atomic E-state index is 12.3. The number of benzene rings is 1. The first-order valence-corrected chi connectivity index (χ1v) is 7.91. The van der Waals surface area contributed by atoms with Crippen molar-refractivity contribution in [2.75, 3.05) is 33.9 Å². The van der Waals surface area contributed by atoms with E-state index in [1.54, 1.807) is 19.2 Å². The average Bonchev–Trinajstić information content (AvgIpc) is 2.59. The summed E-state index contributed by atoms with van der Waals surface area (Å²) in [7, 11) is 2.85.